The van der Waals surface area contributed by atoms with Crippen LogP contribution in [-0.2, 0) is 16.3 Å². The minimum Gasteiger partial charge on any atom is -0.493 e. The van der Waals surface area contributed by atoms with Gasteiger partial charge in [-0.3, -0.25) is 0 Å². The van der Waals surface area contributed by atoms with Crippen LogP contribution >= 0.6 is 0 Å². The molecular formula is C16H15F3O5S. The third kappa shape index (κ3) is 3.98. The fourth-order valence-corrected chi connectivity index (χ4v) is 3.34. The maximum atomic E-state index is 13.0. The topological polar surface area (TPSA) is 61.8 Å². The van der Waals surface area contributed by atoms with E-state index in [-0.39, 0.29) is 22.0 Å². The van der Waals surface area contributed by atoms with E-state index in [1.807, 2.05) is 0 Å². The Balaban J connectivity index is 2.52. The van der Waals surface area contributed by atoms with Crippen LogP contribution < -0.4 is 13.7 Å². The standard InChI is InChI=1S/C16H15F3O5S/c1-10-8-13(22-2)14(23-3)9-15(10)25(20,21)24-12-7-5-4-6-11(12)16(17,18)19/h4-9H,1-3H3. The van der Waals surface area contributed by atoms with Gasteiger partial charge in [-0.25, -0.2) is 0 Å². The van der Waals surface area contributed by atoms with Gasteiger partial charge in [-0.05, 0) is 30.7 Å². The zero-order valence-electron chi connectivity index (χ0n) is 13.5. The molecular weight excluding hydrogens is 361 g/mol. The average molecular weight is 376 g/mol. The summed E-state index contributed by atoms with van der Waals surface area (Å²) in [5.74, 6) is -0.404. The predicted molar refractivity (Wildman–Crippen MR) is 83.5 cm³/mol. The molecule has 0 radical (unpaired) electrons. The number of hydrogen-bond donors (Lipinski definition) is 0. The second-order valence-corrected chi connectivity index (χ2v) is 6.52. The van der Waals surface area contributed by atoms with Crippen LogP contribution in [0.5, 0.6) is 17.2 Å². The Bertz CT molecular complexity index is 876. The summed E-state index contributed by atoms with van der Waals surface area (Å²) in [4.78, 5) is -0.317. The van der Waals surface area contributed by atoms with E-state index in [4.69, 9.17) is 13.7 Å². The van der Waals surface area contributed by atoms with E-state index in [0.717, 1.165) is 24.3 Å². The lowest BCUT2D eigenvalue weighted by molar-refractivity contribution is -0.138. The molecule has 0 aliphatic heterocycles. The first-order valence-electron chi connectivity index (χ1n) is 6.93. The average Bonchev–Trinajstić information content (AvgIpc) is 2.53. The van der Waals surface area contributed by atoms with E-state index in [2.05, 4.69) is 0 Å². The summed E-state index contributed by atoms with van der Waals surface area (Å²) < 4.78 is 78.8. The lowest BCUT2D eigenvalue weighted by atomic mass is 10.2. The Labute approximate surface area is 143 Å². The Morgan fingerprint density at radius 2 is 1.48 bits per heavy atom. The van der Waals surface area contributed by atoms with Crippen molar-refractivity contribution >= 4 is 10.1 Å². The molecule has 0 atom stereocenters. The predicted octanol–water partition coefficient (Wildman–Crippen LogP) is 3.80. The number of halogens is 3. The Hall–Kier alpha value is -2.42. The lowest BCUT2D eigenvalue weighted by Gasteiger charge is -2.16. The molecule has 0 amide bonds. The lowest BCUT2D eigenvalue weighted by Crippen LogP contribution is -2.15. The van der Waals surface area contributed by atoms with E-state index in [1.165, 1.54) is 33.3 Å². The van der Waals surface area contributed by atoms with Crippen LogP contribution in [0.1, 0.15) is 11.1 Å². The summed E-state index contributed by atoms with van der Waals surface area (Å²) in [5.41, 5.74) is -0.946. The van der Waals surface area contributed by atoms with Crippen molar-refractivity contribution in [2.75, 3.05) is 14.2 Å². The number of benzene rings is 2. The van der Waals surface area contributed by atoms with Crippen LogP contribution in [0.4, 0.5) is 13.2 Å². The van der Waals surface area contributed by atoms with Crippen LogP contribution in [-0.4, -0.2) is 22.6 Å². The van der Waals surface area contributed by atoms with Gasteiger partial charge in [-0.2, -0.15) is 21.6 Å². The molecule has 136 valence electrons. The highest BCUT2D eigenvalue weighted by Crippen LogP contribution is 2.38. The summed E-state index contributed by atoms with van der Waals surface area (Å²) in [6, 6.07) is 6.61. The van der Waals surface area contributed by atoms with Gasteiger partial charge in [0.2, 0.25) is 0 Å². The number of aryl methyl sites for hydroxylation is 1. The van der Waals surface area contributed by atoms with Crippen molar-refractivity contribution in [2.45, 2.75) is 18.0 Å². The first kappa shape index (κ1) is 18.9. The SMILES string of the molecule is COc1cc(C)c(S(=O)(=O)Oc2ccccc2C(F)(F)F)cc1OC. The van der Waals surface area contributed by atoms with Crippen molar-refractivity contribution in [2.24, 2.45) is 0 Å². The summed E-state index contributed by atoms with van der Waals surface area (Å²) in [5, 5.41) is 0. The molecule has 0 heterocycles. The Kier molecular flexibility index (Phi) is 5.17. The second kappa shape index (κ2) is 6.83. The van der Waals surface area contributed by atoms with Crippen LogP contribution in [0.3, 0.4) is 0 Å². The zero-order valence-corrected chi connectivity index (χ0v) is 14.4. The van der Waals surface area contributed by atoms with E-state index < -0.39 is 27.6 Å². The van der Waals surface area contributed by atoms with Crippen molar-refractivity contribution in [3.63, 3.8) is 0 Å². The van der Waals surface area contributed by atoms with E-state index in [9.17, 15) is 21.6 Å². The summed E-state index contributed by atoms with van der Waals surface area (Å²) >= 11 is 0. The summed E-state index contributed by atoms with van der Waals surface area (Å²) in [6.45, 7) is 1.47. The van der Waals surface area contributed by atoms with E-state index in [1.54, 1.807) is 0 Å². The zero-order chi connectivity index (χ0) is 18.8. The highest BCUT2D eigenvalue weighted by atomic mass is 32.2. The third-order valence-electron chi connectivity index (χ3n) is 3.34. The van der Waals surface area contributed by atoms with Crippen molar-refractivity contribution in [3.8, 4) is 17.2 Å². The van der Waals surface area contributed by atoms with Crippen LogP contribution in [0, 0.1) is 6.92 Å². The molecule has 0 saturated heterocycles. The maximum Gasteiger partial charge on any atom is 0.420 e. The number of alkyl halides is 3. The van der Waals surface area contributed by atoms with Gasteiger partial charge in [0, 0.05) is 6.07 Å². The highest BCUT2D eigenvalue weighted by Gasteiger charge is 2.36. The largest absolute Gasteiger partial charge is 0.493 e. The van der Waals surface area contributed by atoms with Gasteiger partial charge in [-0.15, -0.1) is 0 Å². The van der Waals surface area contributed by atoms with Crippen molar-refractivity contribution < 1.29 is 35.2 Å². The second-order valence-electron chi connectivity index (χ2n) is 5.00. The molecule has 0 fully saturated rings. The molecule has 0 aliphatic carbocycles. The fraction of sp³-hybridized carbons (Fsp3) is 0.250. The molecule has 9 heteroatoms. The number of rotatable bonds is 5. The van der Waals surface area contributed by atoms with Gasteiger partial charge in [0.15, 0.2) is 17.2 Å². The van der Waals surface area contributed by atoms with E-state index >= 15 is 0 Å². The first-order chi connectivity index (χ1) is 11.6. The molecule has 5 nitrogen and oxygen atoms in total. The summed E-state index contributed by atoms with van der Waals surface area (Å²) in [6.07, 6.45) is -4.75. The van der Waals surface area contributed by atoms with Gasteiger partial charge < -0.3 is 13.7 Å². The maximum absolute atomic E-state index is 13.0. The summed E-state index contributed by atoms with van der Waals surface area (Å²) in [7, 11) is -1.83. The number of hydrogen-bond acceptors (Lipinski definition) is 5. The first-order valence-corrected chi connectivity index (χ1v) is 8.34. The van der Waals surface area contributed by atoms with Gasteiger partial charge in [-0.1, -0.05) is 12.1 Å². The Morgan fingerprint density at radius 3 is 2.04 bits per heavy atom. The molecule has 2 aromatic rings. The van der Waals surface area contributed by atoms with Gasteiger partial charge in [0.1, 0.15) is 4.90 Å². The molecule has 0 unspecified atom stereocenters. The molecule has 0 spiro atoms. The minimum absolute atomic E-state index is 0.111. The highest BCUT2D eigenvalue weighted by molar-refractivity contribution is 7.87. The number of para-hydroxylation sites is 1. The molecule has 0 bridgehead atoms. The quantitative estimate of drug-likeness (QED) is 0.743. The molecule has 25 heavy (non-hydrogen) atoms. The van der Waals surface area contributed by atoms with Crippen molar-refractivity contribution in [1.29, 1.82) is 0 Å². The van der Waals surface area contributed by atoms with Crippen LogP contribution in [0.2, 0.25) is 0 Å². The number of methoxy groups -OCH3 is 2. The van der Waals surface area contributed by atoms with Crippen LogP contribution in [0.25, 0.3) is 0 Å². The van der Waals surface area contributed by atoms with Crippen molar-refractivity contribution in [1.82, 2.24) is 0 Å². The molecule has 0 saturated carbocycles. The van der Waals surface area contributed by atoms with Gasteiger partial charge in [0.25, 0.3) is 0 Å². The third-order valence-corrected chi connectivity index (χ3v) is 4.72. The normalized spacial score (nSPS) is 11.9. The smallest absolute Gasteiger partial charge is 0.420 e. The Morgan fingerprint density at radius 1 is 0.920 bits per heavy atom. The molecule has 2 rings (SSSR count). The fourth-order valence-electron chi connectivity index (χ4n) is 2.17. The van der Waals surface area contributed by atoms with Crippen LogP contribution in [0.15, 0.2) is 41.3 Å². The van der Waals surface area contributed by atoms with E-state index in [0.29, 0.717) is 0 Å². The van der Waals surface area contributed by atoms with Crippen molar-refractivity contribution in [3.05, 3.63) is 47.5 Å². The monoisotopic (exact) mass is 376 g/mol. The minimum atomic E-state index is -4.75. The molecule has 2 aromatic carbocycles. The molecule has 0 N–H and O–H groups in total. The molecule has 0 aromatic heterocycles. The van der Waals surface area contributed by atoms with Gasteiger partial charge in [0.05, 0.1) is 19.8 Å². The molecule has 0 aliphatic rings. The van der Waals surface area contributed by atoms with Gasteiger partial charge >= 0.3 is 16.3 Å². The number of ether oxygens (including phenoxy) is 2.